The van der Waals surface area contributed by atoms with Crippen molar-refractivity contribution in [2.45, 2.75) is 13.0 Å². The molecule has 1 saturated heterocycles. The molecule has 1 fully saturated rings. The van der Waals surface area contributed by atoms with E-state index in [1.807, 2.05) is 39.8 Å². The van der Waals surface area contributed by atoms with Gasteiger partial charge in [-0.2, -0.15) is 5.10 Å². The minimum absolute atomic E-state index is 0.00258. The maximum atomic E-state index is 12.8. The first-order valence-corrected chi connectivity index (χ1v) is 9.66. The van der Waals surface area contributed by atoms with Crippen LogP contribution in [-0.2, 0) is 20.0 Å². The van der Waals surface area contributed by atoms with Crippen molar-refractivity contribution >= 4 is 17.5 Å². The zero-order valence-corrected chi connectivity index (χ0v) is 16.0. The summed E-state index contributed by atoms with van der Waals surface area (Å²) in [5.41, 5.74) is 1.31. The summed E-state index contributed by atoms with van der Waals surface area (Å²) in [7, 11) is 1.77. The summed E-state index contributed by atoms with van der Waals surface area (Å²) in [6, 6.07) is 11.0. The first kappa shape index (κ1) is 17.6. The Bertz CT molecular complexity index is 1070. The van der Waals surface area contributed by atoms with Gasteiger partial charge in [0.25, 0.3) is 11.8 Å². The van der Waals surface area contributed by atoms with Crippen molar-refractivity contribution in [3.63, 3.8) is 0 Å². The van der Waals surface area contributed by atoms with Gasteiger partial charge in [0.1, 0.15) is 11.5 Å². The summed E-state index contributed by atoms with van der Waals surface area (Å²) in [6.45, 7) is 1.98. The van der Waals surface area contributed by atoms with E-state index in [4.69, 9.17) is 0 Å². The van der Waals surface area contributed by atoms with Crippen LogP contribution >= 0.6 is 0 Å². The maximum Gasteiger partial charge on any atom is 0.293 e. The van der Waals surface area contributed by atoms with Crippen LogP contribution < -0.4 is 5.32 Å². The minimum atomic E-state index is -0.269. The minimum Gasteiger partial charge on any atom is -0.337 e. The number of aryl methyl sites for hydroxylation is 1. The lowest BCUT2D eigenvalue weighted by Gasteiger charge is -2.25. The van der Waals surface area contributed by atoms with Crippen LogP contribution in [0.1, 0.15) is 26.9 Å². The molecule has 5 rings (SSSR count). The van der Waals surface area contributed by atoms with Gasteiger partial charge in [0.05, 0.1) is 0 Å². The summed E-state index contributed by atoms with van der Waals surface area (Å²) in [5.74, 6) is 1.46. The van der Waals surface area contributed by atoms with Gasteiger partial charge in [0.2, 0.25) is 5.82 Å². The molecular weight excluding hydrogens is 370 g/mol. The Morgan fingerprint density at radius 3 is 2.59 bits per heavy atom. The van der Waals surface area contributed by atoms with Gasteiger partial charge >= 0.3 is 0 Å². The second-order valence-electron chi connectivity index (χ2n) is 7.65. The predicted octanol–water partition coefficient (Wildman–Crippen LogP) is 1.21. The van der Waals surface area contributed by atoms with Crippen molar-refractivity contribution in [2.75, 3.05) is 18.4 Å². The second-order valence-corrected chi connectivity index (χ2v) is 7.65. The summed E-state index contributed by atoms with van der Waals surface area (Å²) in [4.78, 5) is 27.4. The summed E-state index contributed by atoms with van der Waals surface area (Å²) < 4.78 is 3.50. The Balaban J connectivity index is 1.32. The van der Waals surface area contributed by atoms with E-state index in [1.54, 1.807) is 24.0 Å². The molecule has 0 bridgehead atoms. The predicted molar refractivity (Wildman–Crippen MR) is 104 cm³/mol. The number of carbonyl (C=O) groups is 2. The molecule has 2 aromatic heterocycles. The molecule has 2 aliphatic heterocycles. The van der Waals surface area contributed by atoms with Crippen molar-refractivity contribution < 1.29 is 9.59 Å². The average Bonchev–Trinajstić information content (AvgIpc) is 3.43. The molecule has 2 amide bonds. The van der Waals surface area contributed by atoms with Crippen molar-refractivity contribution in [3.8, 4) is 0 Å². The number of para-hydroxylation sites is 1. The second kappa shape index (κ2) is 6.84. The molecule has 0 aliphatic carbocycles. The number of amides is 2. The van der Waals surface area contributed by atoms with Crippen LogP contribution in [0.15, 0.2) is 42.6 Å². The highest BCUT2D eigenvalue weighted by molar-refractivity contribution is 6.01. The molecule has 1 aromatic carbocycles. The van der Waals surface area contributed by atoms with Gasteiger partial charge in [-0.1, -0.05) is 18.2 Å². The number of fused-ring (bicyclic) bond motifs is 2. The maximum absolute atomic E-state index is 12.8. The van der Waals surface area contributed by atoms with Crippen LogP contribution in [-0.4, -0.2) is 54.3 Å². The number of benzene rings is 1. The van der Waals surface area contributed by atoms with Crippen LogP contribution in [0.2, 0.25) is 0 Å². The molecule has 0 saturated carbocycles. The molecule has 0 unspecified atom stereocenters. The van der Waals surface area contributed by atoms with E-state index in [0.717, 1.165) is 11.5 Å². The normalized spacial score (nSPS) is 20.2. The molecule has 2 aliphatic rings. The molecule has 9 heteroatoms. The lowest BCUT2D eigenvalue weighted by atomic mass is 9.89. The monoisotopic (exact) mass is 391 g/mol. The Morgan fingerprint density at radius 1 is 1.03 bits per heavy atom. The largest absolute Gasteiger partial charge is 0.337 e. The molecule has 1 N–H and O–H groups in total. The molecule has 3 aromatic rings. The van der Waals surface area contributed by atoms with Crippen LogP contribution in [0.25, 0.3) is 0 Å². The van der Waals surface area contributed by atoms with E-state index in [1.165, 1.54) is 0 Å². The van der Waals surface area contributed by atoms with Gasteiger partial charge < -0.3 is 14.8 Å². The smallest absolute Gasteiger partial charge is 0.293 e. The highest BCUT2D eigenvalue weighted by Gasteiger charge is 2.41. The van der Waals surface area contributed by atoms with E-state index in [0.29, 0.717) is 43.5 Å². The van der Waals surface area contributed by atoms with Crippen molar-refractivity contribution in [2.24, 2.45) is 18.9 Å². The Morgan fingerprint density at radius 2 is 1.83 bits per heavy atom. The zero-order valence-electron chi connectivity index (χ0n) is 16.0. The molecular formula is C20H21N7O2. The Labute approximate surface area is 167 Å². The number of aromatic nitrogens is 5. The lowest BCUT2D eigenvalue weighted by Crippen LogP contribution is -2.31. The number of hydrogen-bond donors (Lipinski definition) is 1. The summed E-state index contributed by atoms with van der Waals surface area (Å²) in [5, 5.41) is 15.3. The first-order valence-electron chi connectivity index (χ1n) is 9.66. The molecule has 0 spiro atoms. The van der Waals surface area contributed by atoms with E-state index >= 15 is 0 Å². The molecule has 9 nitrogen and oxygen atoms in total. The van der Waals surface area contributed by atoms with Crippen molar-refractivity contribution in [1.29, 1.82) is 0 Å². The van der Waals surface area contributed by atoms with Crippen LogP contribution in [0.3, 0.4) is 0 Å². The lowest BCUT2D eigenvalue weighted by molar-refractivity contribution is 0.0772. The highest BCUT2D eigenvalue weighted by Crippen LogP contribution is 2.33. The third kappa shape index (κ3) is 3.08. The highest BCUT2D eigenvalue weighted by atomic mass is 16.2. The molecule has 148 valence electrons. The van der Waals surface area contributed by atoms with Crippen molar-refractivity contribution in [1.82, 2.24) is 29.4 Å². The number of rotatable bonds is 3. The summed E-state index contributed by atoms with van der Waals surface area (Å²) in [6.07, 6.45) is 2.35. The number of hydrogen-bond acceptors (Lipinski definition) is 5. The fraction of sp³-hybridized carbons (Fsp3) is 0.350. The average molecular weight is 391 g/mol. The Hall–Kier alpha value is -3.49. The third-order valence-corrected chi connectivity index (χ3v) is 5.83. The van der Waals surface area contributed by atoms with Gasteiger partial charge in [-0.3, -0.25) is 14.3 Å². The number of carbonyl (C=O) groups excluding carboxylic acids is 2. The van der Waals surface area contributed by atoms with Crippen LogP contribution in [0.5, 0.6) is 0 Å². The number of nitrogens with one attached hydrogen (secondary N) is 1. The van der Waals surface area contributed by atoms with E-state index in [-0.39, 0.29) is 17.7 Å². The van der Waals surface area contributed by atoms with Crippen LogP contribution in [0.4, 0.5) is 5.69 Å². The van der Waals surface area contributed by atoms with Gasteiger partial charge in [-0.05, 0) is 30.0 Å². The zero-order chi connectivity index (χ0) is 20.0. The van der Waals surface area contributed by atoms with E-state index in [9.17, 15) is 9.59 Å². The van der Waals surface area contributed by atoms with Crippen LogP contribution in [0, 0.1) is 11.8 Å². The van der Waals surface area contributed by atoms with Gasteiger partial charge in [-0.25, -0.2) is 0 Å². The fourth-order valence-electron chi connectivity index (χ4n) is 4.31. The topological polar surface area (TPSA) is 97.9 Å². The molecule has 0 radical (unpaired) electrons. The quantitative estimate of drug-likeness (QED) is 0.724. The standard InChI is InChI=1S/C20H21N7O2/c1-25-16(7-8-21-25)20(29)26-10-13-9-17-23-24-18(27(17)12-14(13)11-26)19(28)22-15-5-3-2-4-6-15/h2-8,13-14H,9-12H2,1H3,(H,22,28)/t13-,14-/m0/s1. The molecule has 29 heavy (non-hydrogen) atoms. The molecule has 4 heterocycles. The fourth-order valence-corrected chi connectivity index (χ4v) is 4.31. The molecule has 2 atom stereocenters. The first-order chi connectivity index (χ1) is 14.1. The van der Waals surface area contributed by atoms with E-state index < -0.39 is 0 Å². The number of anilines is 1. The third-order valence-electron chi connectivity index (χ3n) is 5.83. The summed E-state index contributed by atoms with van der Waals surface area (Å²) >= 11 is 0. The van der Waals surface area contributed by atoms with Gasteiger partial charge in [-0.15, -0.1) is 10.2 Å². The van der Waals surface area contributed by atoms with Crippen molar-refractivity contribution in [3.05, 3.63) is 59.9 Å². The SMILES string of the molecule is Cn1nccc1C(=O)N1C[C@@H]2Cc3nnc(C(=O)Nc4ccccc4)n3C[C@@H]2C1. The number of nitrogens with zero attached hydrogens (tertiary/aromatic N) is 6. The van der Waals surface area contributed by atoms with Gasteiger partial charge in [0, 0.05) is 45.0 Å². The van der Waals surface area contributed by atoms with Gasteiger partial charge in [0.15, 0.2) is 0 Å². The Kier molecular flexibility index (Phi) is 4.15. The van der Waals surface area contributed by atoms with E-state index in [2.05, 4.69) is 20.6 Å². The number of likely N-dealkylation sites (tertiary alicyclic amines) is 1.